The van der Waals surface area contributed by atoms with Crippen molar-refractivity contribution in [1.29, 1.82) is 0 Å². The molecule has 1 aromatic heterocycles. The first-order valence-corrected chi connectivity index (χ1v) is 7.76. The molecule has 1 aliphatic heterocycles. The predicted octanol–water partition coefficient (Wildman–Crippen LogP) is 3.30. The number of aromatic nitrogens is 1. The average Bonchev–Trinajstić information content (AvgIpc) is 2.74. The third-order valence-corrected chi connectivity index (χ3v) is 5.63. The van der Waals surface area contributed by atoms with Crippen molar-refractivity contribution in [2.24, 2.45) is 5.92 Å². The maximum Gasteiger partial charge on any atom is 0.0974 e. The molecule has 17 heavy (non-hydrogen) atoms. The molecule has 0 spiro atoms. The van der Waals surface area contributed by atoms with E-state index >= 15 is 0 Å². The van der Waals surface area contributed by atoms with Gasteiger partial charge in [0.05, 0.1) is 10.7 Å². The van der Waals surface area contributed by atoms with E-state index in [4.69, 9.17) is 4.98 Å². The van der Waals surface area contributed by atoms with Gasteiger partial charge >= 0.3 is 0 Å². The standard InChI is InChI=1S/C14H22N2S/c1-9-6-10(2)13-12(7-9)16-14(17-13)11-4-3-5-15-8-11/h9-11,15H,3-8H2,1-2H3. The zero-order chi connectivity index (χ0) is 11.8. The van der Waals surface area contributed by atoms with Gasteiger partial charge in [0.2, 0.25) is 0 Å². The van der Waals surface area contributed by atoms with Gasteiger partial charge in [-0.1, -0.05) is 13.8 Å². The molecule has 2 nitrogen and oxygen atoms in total. The van der Waals surface area contributed by atoms with Crippen LogP contribution in [0, 0.1) is 5.92 Å². The minimum absolute atomic E-state index is 0.682. The summed E-state index contributed by atoms with van der Waals surface area (Å²) in [6.45, 7) is 7.06. The first-order valence-electron chi connectivity index (χ1n) is 6.94. The number of thiazole rings is 1. The Morgan fingerprint density at radius 2 is 2.24 bits per heavy atom. The highest BCUT2D eigenvalue weighted by Crippen LogP contribution is 2.40. The third-order valence-electron chi connectivity index (χ3n) is 4.14. The van der Waals surface area contributed by atoms with Crippen molar-refractivity contribution >= 4 is 11.3 Å². The molecule has 3 heteroatoms. The molecule has 1 saturated heterocycles. The van der Waals surface area contributed by atoms with Crippen molar-refractivity contribution < 1.29 is 0 Å². The molecule has 1 aliphatic carbocycles. The van der Waals surface area contributed by atoms with E-state index in [1.54, 1.807) is 4.88 Å². The molecule has 1 N–H and O–H groups in total. The number of nitrogens with zero attached hydrogens (tertiary/aromatic N) is 1. The summed E-state index contributed by atoms with van der Waals surface area (Å²) in [6, 6.07) is 0. The SMILES string of the molecule is CC1Cc2nc(C3CCCNC3)sc2C(C)C1. The van der Waals surface area contributed by atoms with Crippen molar-refractivity contribution in [3.63, 3.8) is 0 Å². The second kappa shape index (κ2) is 4.69. The van der Waals surface area contributed by atoms with Crippen molar-refractivity contribution in [3.8, 4) is 0 Å². The van der Waals surface area contributed by atoms with Crippen LogP contribution in [-0.2, 0) is 6.42 Å². The fourth-order valence-electron chi connectivity index (χ4n) is 3.27. The maximum atomic E-state index is 4.95. The minimum Gasteiger partial charge on any atom is -0.316 e. The van der Waals surface area contributed by atoms with Gasteiger partial charge < -0.3 is 5.32 Å². The molecule has 2 aliphatic rings. The van der Waals surface area contributed by atoms with Gasteiger partial charge in [0.15, 0.2) is 0 Å². The molecular formula is C14H22N2S. The Labute approximate surface area is 108 Å². The number of piperidine rings is 1. The fourth-order valence-corrected chi connectivity index (χ4v) is 4.57. The van der Waals surface area contributed by atoms with E-state index in [2.05, 4.69) is 19.2 Å². The molecular weight excluding hydrogens is 228 g/mol. The normalized spacial score (nSPS) is 33.4. The summed E-state index contributed by atoms with van der Waals surface area (Å²) in [5, 5.41) is 4.91. The zero-order valence-electron chi connectivity index (χ0n) is 10.8. The van der Waals surface area contributed by atoms with Crippen molar-refractivity contribution in [3.05, 3.63) is 15.6 Å². The lowest BCUT2D eigenvalue weighted by molar-refractivity contribution is 0.444. The Bertz CT molecular complexity index is 393. The Morgan fingerprint density at radius 1 is 1.35 bits per heavy atom. The summed E-state index contributed by atoms with van der Waals surface area (Å²) < 4.78 is 0. The highest BCUT2D eigenvalue weighted by molar-refractivity contribution is 7.12. The smallest absolute Gasteiger partial charge is 0.0974 e. The Kier molecular flexibility index (Phi) is 3.22. The minimum atomic E-state index is 0.682. The van der Waals surface area contributed by atoms with Gasteiger partial charge in [0, 0.05) is 17.3 Å². The van der Waals surface area contributed by atoms with E-state index in [1.807, 2.05) is 11.3 Å². The summed E-state index contributed by atoms with van der Waals surface area (Å²) in [7, 11) is 0. The Balaban J connectivity index is 1.85. The second-order valence-corrected chi connectivity index (χ2v) is 6.91. The van der Waals surface area contributed by atoms with E-state index in [0.29, 0.717) is 5.92 Å². The molecule has 0 saturated carbocycles. The number of hydrogen-bond acceptors (Lipinski definition) is 3. The van der Waals surface area contributed by atoms with Gasteiger partial charge in [-0.25, -0.2) is 4.98 Å². The van der Waals surface area contributed by atoms with Crippen molar-refractivity contribution in [2.45, 2.75) is 51.4 Å². The van der Waals surface area contributed by atoms with Gasteiger partial charge in [0.25, 0.3) is 0 Å². The number of hydrogen-bond donors (Lipinski definition) is 1. The van der Waals surface area contributed by atoms with Crippen LogP contribution in [0.4, 0.5) is 0 Å². The molecule has 3 rings (SSSR count). The van der Waals surface area contributed by atoms with Crippen LogP contribution in [0.5, 0.6) is 0 Å². The van der Waals surface area contributed by atoms with Crippen molar-refractivity contribution in [2.75, 3.05) is 13.1 Å². The molecule has 94 valence electrons. The lowest BCUT2D eigenvalue weighted by atomic mass is 9.86. The predicted molar refractivity (Wildman–Crippen MR) is 72.9 cm³/mol. The Morgan fingerprint density at radius 3 is 3.00 bits per heavy atom. The third kappa shape index (κ3) is 2.27. The molecule has 0 aromatic carbocycles. The Hall–Kier alpha value is -0.410. The topological polar surface area (TPSA) is 24.9 Å². The molecule has 3 unspecified atom stereocenters. The zero-order valence-corrected chi connectivity index (χ0v) is 11.6. The summed E-state index contributed by atoms with van der Waals surface area (Å²) >= 11 is 2.00. The van der Waals surface area contributed by atoms with Crippen molar-refractivity contribution in [1.82, 2.24) is 10.3 Å². The summed E-state index contributed by atoms with van der Waals surface area (Å²) in [5.74, 6) is 2.23. The van der Waals surface area contributed by atoms with E-state index in [0.717, 1.165) is 18.4 Å². The molecule has 0 amide bonds. The molecule has 2 heterocycles. The maximum absolute atomic E-state index is 4.95. The average molecular weight is 250 g/mol. The first kappa shape index (κ1) is 11.7. The summed E-state index contributed by atoms with van der Waals surface area (Å²) in [5.41, 5.74) is 1.42. The largest absolute Gasteiger partial charge is 0.316 e. The molecule has 0 radical (unpaired) electrons. The van der Waals surface area contributed by atoms with Crippen LogP contribution in [0.2, 0.25) is 0 Å². The summed E-state index contributed by atoms with van der Waals surface area (Å²) in [6.07, 6.45) is 5.18. The molecule has 0 bridgehead atoms. The van der Waals surface area contributed by atoms with Crippen LogP contribution >= 0.6 is 11.3 Å². The molecule has 1 aromatic rings. The number of fused-ring (bicyclic) bond motifs is 1. The van der Waals surface area contributed by atoms with Gasteiger partial charge in [0.1, 0.15) is 0 Å². The molecule has 1 fully saturated rings. The van der Waals surface area contributed by atoms with Crippen LogP contribution in [0.25, 0.3) is 0 Å². The van der Waals surface area contributed by atoms with Crippen LogP contribution in [0.15, 0.2) is 0 Å². The molecule has 3 atom stereocenters. The van der Waals surface area contributed by atoms with Gasteiger partial charge in [-0.05, 0) is 44.1 Å². The number of nitrogens with one attached hydrogen (secondary N) is 1. The van der Waals surface area contributed by atoms with E-state index in [9.17, 15) is 0 Å². The number of rotatable bonds is 1. The van der Waals surface area contributed by atoms with Crippen LogP contribution in [0.3, 0.4) is 0 Å². The highest BCUT2D eigenvalue weighted by Gasteiger charge is 2.28. The summed E-state index contributed by atoms with van der Waals surface area (Å²) in [4.78, 5) is 6.54. The quantitative estimate of drug-likeness (QED) is 0.827. The van der Waals surface area contributed by atoms with Crippen LogP contribution in [-0.4, -0.2) is 18.1 Å². The van der Waals surface area contributed by atoms with Crippen LogP contribution in [0.1, 0.15) is 60.5 Å². The highest BCUT2D eigenvalue weighted by atomic mass is 32.1. The van der Waals surface area contributed by atoms with E-state index in [-0.39, 0.29) is 0 Å². The van der Waals surface area contributed by atoms with Crippen LogP contribution < -0.4 is 5.32 Å². The monoisotopic (exact) mass is 250 g/mol. The lowest BCUT2D eigenvalue weighted by Crippen LogP contribution is -2.28. The van der Waals surface area contributed by atoms with E-state index in [1.165, 1.54) is 42.9 Å². The van der Waals surface area contributed by atoms with E-state index < -0.39 is 0 Å². The first-order chi connectivity index (χ1) is 8.24. The fraction of sp³-hybridized carbons (Fsp3) is 0.786. The van der Waals surface area contributed by atoms with Gasteiger partial charge in [-0.3, -0.25) is 0 Å². The van der Waals surface area contributed by atoms with Gasteiger partial charge in [-0.15, -0.1) is 11.3 Å². The second-order valence-electron chi connectivity index (χ2n) is 5.85. The lowest BCUT2D eigenvalue weighted by Gasteiger charge is -2.22. The van der Waals surface area contributed by atoms with Gasteiger partial charge in [-0.2, -0.15) is 0 Å².